The van der Waals surface area contributed by atoms with Crippen LogP contribution in [-0.4, -0.2) is 31.0 Å². The summed E-state index contributed by atoms with van der Waals surface area (Å²) in [5.74, 6) is 0.250. The molecule has 0 atom stereocenters. The number of anilines is 2. The van der Waals surface area contributed by atoms with Gasteiger partial charge in [0.2, 0.25) is 0 Å². The first kappa shape index (κ1) is 18.7. The monoisotopic (exact) mass is 406 g/mol. The van der Waals surface area contributed by atoms with E-state index in [1.165, 1.54) is 0 Å². The molecule has 9 heteroatoms. The van der Waals surface area contributed by atoms with Crippen LogP contribution in [0.5, 0.6) is 0 Å². The van der Waals surface area contributed by atoms with Gasteiger partial charge in [0.15, 0.2) is 0 Å². The number of carbonyl (C=O) groups excluding carboxylic acids is 1. The number of nitriles is 1. The third kappa shape index (κ3) is 3.14. The van der Waals surface area contributed by atoms with E-state index in [2.05, 4.69) is 21.7 Å². The summed E-state index contributed by atoms with van der Waals surface area (Å²) >= 11 is 1.10. The van der Waals surface area contributed by atoms with Gasteiger partial charge in [-0.25, -0.2) is 4.98 Å². The average molecular weight is 406 g/mol. The minimum absolute atomic E-state index is 0.207. The van der Waals surface area contributed by atoms with E-state index in [4.69, 9.17) is 15.9 Å². The fraction of sp³-hybridized carbons (Fsp3) is 0.150. The summed E-state index contributed by atoms with van der Waals surface area (Å²) in [5.41, 5.74) is 13.4. The van der Waals surface area contributed by atoms with Gasteiger partial charge in [-0.15, -0.1) is 11.3 Å². The maximum Gasteiger partial charge on any atom is 0.260 e. The van der Waals surface area contributed by atoms with E-state index in [9.17, 15) is 10.1 Å². The van der Waals surface area contributed by atoms with E-state index in [-0.39, 0.29) is 10.6 Å². The Balaban J connectivity index is 2.05. The molecule has 6 N–H and O–H groups in total. The molecule has 0 saturated carbocycles. The van der Waals surface area contributed by atoms with Crippen LogP contribution in [0.15, 0.2) is 34.7 Å². The second-order valence-electron chi connectivity index (χ2n) is 6.39. The molecule has 3 aromatic heterocycles. The SMILES string of the molecule is CNCCNc1nc2sc(C(N)=O)c(N)c2c(-c2cc3ccccc3o2)c1C#N. The third-order valence-electron chi connectivity index (χ3n) is 4.55. The maximum absolute atomic E-state index is 11.8. The lowest BCUT2D eigenvalue weighted by atomic mass is 10.0. The van der Waals surface area contributed by atoms with Gasteiger partial charge < -0.3 is 26.5 Å². The Morgan fingerprint density at radius 2 is 2.14 bits per heavy atom. The maximum atomic E-state index is 11.8. The zero-order chi connectivity index (χ0) is 20.5. The zero-order valence-electron chi connectivity index (χ0n) is 15.6. The van der Waals surface area contributed by atoms with Crippen molar-refractivity contribution >= 4 is 49.9 Å². The molecule has 3 heterocycles. The van der Waals surface area contributed by atoms with Crippen LogP contribution in [0.3, 0.4) is 0 Å². The number of likely N-dealkylation sites (N-methyl/N-ethyl adjacent to an activating group) is 1. The molecular formula is C20H18N6O2S. The van der Waals surface area contributed by atoms with Gasteiger partial charge >= 0.3 is 0 Å². The number of furan rings is 1. The Labute approximate surface area is 170 Å². The van der Waals surface area contributed by atoms with Crippen molar-refractivity contribution in [3.05, 3.63) is 40.8 Å². The van der Waals surface area contributed by atoms with Crippen molar-refractivity contribution in [2.75, 3.05) is 31.2 Å². The lowest BCUT2D eigenvalue weighted by molar-refractivity contribution is 0.100. The highest BCUT2D eigenvalue weighted by atomic mass is 32.1. The van der Waals surface area contributed by atoms with Crippen LogP contribution in [0, 0.1) is 11.3 Å². The number of nitrogens with zero attached hydrogens (tertiary/aromatic N) is 2. The number of nitrogen functional groups attached to an aromatic ring is 1. The topological polar surface area (TPSA) is 143 Å². The smallest absolute Gasteiger partial charge is 0.260 e. The molecule has 4 aromatic rings. The minimum atomic E-state index is -0.635. The summed E-state index contributed by atoms with van der Waals surface area (Å²) in [5, 5.41) is 17.5. The summed E-state index contributed by atoms with van der Waals surface area (Å²) in [6, 6.07) is 11.6. The number of carbonyl (C=O) groups is 1. The molecule has 0 aliphatic heterocycles. The number of thiophene rings is 1. The summed E-state index contributed by atoms with van der Waals surface area (Å²) in [7, 11) is 1.84. The van der Waals surface area contributed by atoms with Gasteiger partial charge in [0.1, 0.15) is 38.5 Å². The van der Waals surface area contributed by atoms with Crippen molar-refractivity contribution in [3.63, 3.8) is 0 Å². The number of nitrogens with two attached hydrogens (primary N) is 2. The van der Waals surface area contributed by atoms with Crippen LogP contribution in [0.1, 0.15) is 15.2 Å². The predicted octanol–water partition coefficient (Wildman–Crippen LogP) is 2.89. The van der Waals surface area contributed by atoms with Crippen molar-refractivity contribution in [1.29, 1.82) is 5.26 Å². The van der Waals surface area contributed by atoms with Crippen LogP contribution >= 0.6 is 11.3 Å². The number of primary amides is 1. The van der Waals surface area contributed by atoms with Gasteiger partial charge in [-0.05, 0) is 19.2 Å². The lowest BCUT2D eigenvalue weighted by Crippen LogP contribution is -2.18. The largest absolute Gasteiger partial charge is 0.456 e. The predicted molar refractivity (Wildman–Crippen MR) is 115 cm³/mol. The number of amides is 1. The van der Waals surface area contributed by atoms with E-state index < -0.39 is 5.91 Å². The quantitative estimate of drug-likeness (QED) is 0.360. The number of pyridine rings is 1. The molecule has 0 aliphatic rings. The fourth-order valence-corrected chi connectivity index (χ4v) is 4.19. The Bertz CT molecular complexity index is 1250. The van der Waals surface area contributed by atoms with Crippen molar-refractivity contribution in [1.82, 2.24) is 10.3 Å². The Morgan fingerprint density at radius 3 is 2.83 bits per heavy atom. The zero-order valence-corrected chi connectivity index (χ0v) is 16.4. The van der Waals surface area contributed by atoms with Crippen LogP contribution in [0.25, 0.3) is 32.5 Å². The molecule has 1 amide bonds. The van der Waals surface area contributed by atoms with E-state index >= 15 is 0 Å². The molecule has 0 radical (unpaired) electrons. The van der Waals surface area contributed by atoms with Crippen molar-refractivity contribution in [3.8, 4) is 17.4 Å². The molecule has 146 valence electrons. The average Bonchev–Trinajstić information content (AvgIpc) is 3.28. The number of fused-ring (bicyclic) bond motifs is 2. The lowest BCUT2D eigenvalue weighted by Gasteiger charge is -2.11. The van der Waals surface area contributed by atoms with Gasteiger partial charge in [0.25, 0.3) is 5.91 Å². The number of aromatic nitrogens is 1. The number of para-hydroxylation sites is 1. The van der Waals surface area contributed by atoms with E-state index in [1.807, 2.05) is 37.4 Å². The molecule has 8 nitrogen and oxygen atoms in total. The minimum Gasteiger partial charge on any atom is -0.456 e. The van der Waals surface area contributed by atoms with Gasteiger partial charge in [0, 0.05) is 23.9 Å². The standard InChI is InChI=1S/C20H18N6O2S/c1-24-6-7-25-19-11(9-21)14(13-8-10-4-2-3-5-12(10)28-13)15-16(22)17(18(23)27)29-20(15)26-19/h2-5,8,24H,6-7,22H2,1H3,(H2,23,27)(H,25,26). The summed E-state index contributed by atoms with van der Waals surface area (Å²) in [4.78, 5) is 17.1. The molecule has 0 aliphatic carbocycles. The number of nitrogens with one attached hydrogen (secondary N) is 2. The number of hydrogen-bond donors (Lipinski definition) is 4. The highest BCUT2D eigenvalue weighted by Crippen LogP contribution is 2.44. The highest BCUT2D eigenvalue weighted by Gasteiger charge is 2.25. The van der Waals surface area contributed by atoms with E-state index in [1.54, 1.807) is 0 Å². The van der Waals surface area contributed by atoms with Crippen LogP contribution in [0.4, 0.5) is 11.5 Å². The summed E-state index contributed by atoms with van der Waals surface area (Å²) < 4.78 is 6.02. The molecule has 0 bridgehead atoms. The van der Waals surface area contributed by atoms with Crippen molar-refractivity contribution in [2.45, 2.75) is 0 Å². The molecular weight excluding hydrogens is 388 g/mol. The first-order chi connectivity index (χ1) is 14.0. The Hall–Kier alpha value is -3.61. The molecule has 1 aromatic carbocycles. The molecule has 0 fully saturated rings. The fourth-order valence-electron chi connectivity index (χ4n) is 3.23. The van der Waals surface area contributed by atoms with E-state index in [0.717, 1.165) is 16.7 Å². The first-order valence-corrected chi connectivity index (χ1v) is 9.70. The van der Waals surface area contributed by atoms with Gasteiger partial charge in [-0.3, -0.25) is 4.79 Å². The van der Waals surface area contributed by atoms with Crippen LogP contribution in [-0.2, 0) is 0 Å². The van der Waals surface area contributed by atoms with Gasteiger partial charge in [-0.1, -0.05) is 18.2 Å². The van der Waals surface area contributed by atoms with Gasteiger partial charge in [0.05, 0.1) is 11.3 Å². The number of hydrogen-bond acceptors (Lipinski definition) is 8. The highest BCUT2D eigenvalue weighted by molar-refractivity contribution is 7.21. The molecule has 29 heavy (non-hydrogen) atoms. The number of benzene rings is 1. The summed E-state index contributed by atoms with van der Waals surface area (Å²) in [6.45, 7) is 1.25. The van der Waals surface area contributed by atoms with Crippen molar-refractivity contribution < 1.29 is 9.21 Å². The second-order valence-corrected chi connectivity index (χ2v) is 7.39. The molecule has 4 rings (SSSR count). The Morgan fingerprint density at radius 1 is 1.34 bits per heavy atom. The second kappa shape index (κ2) is 7.43. The van der Waals surface area contributed by atoms with Crippen molar-refractivity contribution in [2.24, 2.45) is 5.73 Å². The molecule has 0 unspecified atom stereocenters. The van der Waals surface area contributed by atoms with Crippen LogP contribution < -0.4 is 22.1 Å². The van der Waals surface area contributed by atoms with Gasteiger partial charge in [-0.2, -0.15) is 5.26 Å². The normalized spacial score (nSPS) is 11.0. The molecule has 0 saturated heterocycles. The third-order valence-corrected chi connectivity index (χ3v) is 5.67. The summed E-state index contributed by atoms with van der Waals surface area (Å²) in [6.07, 6.45) is 0. The van der Waals surface area contributed by atoms with E-state index in [0.29, 0.717) is 51.6 Å². The number of rotatable bonds is 6. The first-order valence-electron chi connectivity index (χ1n) is 8.88. The van der Waals surface area contributed by atoms with Crippen LogP contribution in [0.2, 0.25) is 0 Å². The Kier molecular flexibility index (Phi) is 4.80. The molecule has 0 spiro atoms.